The molecule has 0 heterocycles. The second-order valence-electron chi connectivity index (χ2n) is 5.95. The summed E-state index contributed by atoms with van der Waals surface area (Å²) in [4.78, 5) is 12.1. The topological polar surface area (TPSA) is 29.1 Å². The molecule has 5 heteroatoms. The Morgan fingerprint density at radius 2 is 1.90 bits per heavy atom. The molecule has 0 aliphatic heterocycles. The molecule has 1 atom stereocenters. The highest BCUT2D eigenvalue weighted by atomic mass is 35.5. The van der Waals surface area contributed by atoms with Gasteiger partial charge in [-0.05, 0) is 30.4 Å². The molecule has 1 aromatic rings. The summed E-state index contributed by atoms with van der Waals surface area (Å²) in [5.74, 6) is -1.67. The Labute approximate surface area is 123 Å². The van der Waals surface area contributed by atoms with Crippen molar-refractivity contribution in [1.29, 1.82) is 0 Å². The fourth-order valence-electron chi connectivity index (χ4n) is 1.90. The van der Waals surface area contributed by atoms with Crippen molar-refractivity contribution >= 4 is 17.5 Å². The van der Waals surface area contributed by atoms with Crippen molar-refractivity contribution in [2.75, 3.05) is 5.88 Å². The second-order valence-corrected chi connectivity index (χ2v) is 6.33. The van der Waals surface area contributed by atoms with Crippen LogP contribution in [0.2, 0.25) is 0 Å². The van der Waals surface area contributed by atoms with E-state index in [1.54, 1.807) is 0 Å². The zero-order valence-corrected chi connectivity index (χ0v) is 12.9. The molecule has 1 unspecified atom stereocenters. The maximum absolute atomic E-state index is 13.7. The Balaban J connectivity index is 2.98. The van der Waals surface area contributed by atoms with Crippen LogP contribution in [0.1, 0.15) is 43.1 Å². The van der Waals surface area contributed by atoms with E-state index in [4.69, 9.17) is 11.6 Å². The Morgan fingerprint density at radius 3 is 2.40 bits per heavy atom. The third kappa shape index (κ3) is 4.17. The van der Waals surface area contributed by atoms with Gasteiger partial charge in [0.15, 0.2) is 0 Å². The van der Waals surface area contributed by atoms with Gasteiger partial charge in [-0.15, -0.1) is 11.6 Å². The van der Waals surface area contributed by atoms with Crippen molar-refractivity contribution < 1.29 is 13.6 Å². The molecule has 1 aromatic carbocycles. The van der Waals surface area contributed by atoms with Crippen molar-refractivity contribution in [3.05, 3.63) is 34.9 Å². The van der Waals surface area contributed by atoms with E-state index >= 15 is 0 Å². The number of rotatable bonds is 4. The summed E-state index contributed by atoms with van der Waals surface area (Å²) >= 11 is 5.73. The van der Waals surface area contributed by atoms with Crippen molar-refractivity contribution in [2.24, 2.45) is 5.41 Å². The van der Waals surface area contributed by atoms with Crippen LogP contribution >= 0.6 is 11.6 Å². The standard InChI is InChI=1S/C15H20ClF2NO/c1-9-7-10(12(18)8-11(9)17)14(20)19-13(5-6-16)15(2,3)4/h7-8,13H,5-6H2,1-4H3,(H,19,20). The zero-order valence-electron chi connectivity index (χ0n) is 12.2. The van der Waals surface area contributed by atoms with Crippen molar-refractivity contribution in [3.63, 3.8) is 0 Å². The van der Waals surface area contributed by atoms with Gasteiger partial charge >= 0.3 is 0 Å². The summed E-state index contributed by atoms with van der Waals surface area (Å²) in [6.07, 6.45) is 0.582. The van der Waals surface area contributed by atoms with Crippen LogP contribution in [0.3, 0.4) is 0 Å². The third-order valence-corrected chi connectivity index (χ3v) is 3.46. The van der Waals surface area contributed by atoms with E-state index in [2.05, 4.69) is 5.32 Å². The van der Waals surface area contributed by atoms with E-state index in [-0.39, 0.29) is 22.6 Å². The maximum atomic E-state index is 13.7. The van der Waals surface area contributed by atoms with Crippen LogP contribution in [0, 0.1) is 24.0 Å². The van der Waals surface area contributed by atoms with Gasteiger partial charge in [0.05, 0.1) is 5.56 Å². The van der Waals surface area contributed by atoms with Crippen LogP contribution in [-0.4, -0.2) is 17.8 Å². The van der Waals surface area contributed by atoms with E-state index in [1.807, 2.05) is 20.8 Å². The minimum absolute atomic E-state index is 0.146. The molecule has 1 rings (SSSR count). The van der Waals surface area contributed by atoms with Gasteiger partial charge in [-0.1, -0.05) is 20.8 Å². The molecule has 0 fully saturated rings. The Kier molecular flexibility index (Phi) is 5.51. The Bertz CT molecular complexity index is 497. The highest BCUT2D eigenvalue weighted by Crippen LogP contribution is 2.23. The van der Waals surface area contributed by atoms with Gasteiger partial charge in [-0.3, -0.25) is 4.79 Å². The number of alkyl halides is 1. The van der Waals surface area contributed by atoms with Crippen molar-refractivity contribution in [1.82, 2.24) is 5.32 Å². The van der Waals surface area contributed by atoms with Gasteiger partial charge in [-0.25, -0.2) is 8.78 Å². The molecule has 2 nitrogen and oxygen atoms in total. The third-order valence-electron chi connectivity index (χ3n) is 3.24. The van der Waals surface area contributed by atoms with Crippen LogP contribution in [0.25, 0.3) is 0 Å². The summed E-state index contributed by atoms with van der Waals surface area (Å²) in [6, 6.07) is 1.77. The SMILES string of the molecule is Cc1cc(C(=O)NC(CCCl)C(C)(C)C)c(F)cc1F. The molecule has 1 N–H and O–H groups in total. The van der Waals surface area contributed by atoms with E-state index in [0.29, 0.717) is 12.3 Å². The number of hydrogen-bond acceptors (Lipinski definition) is 1. The summed E-state index contributed by atoms with van der Waals surface area (Å²) in [6.45, 7) is 7.40. The summed E-state index contributed by atoms with van der Waals surface area (Å²) in [7, 11) is 0. The largest absolute Gasteiger partial charge is 0.349 e. The molecular formula is C15H20ClF2NO. The lowest BCUT2D eigenvalue weighted by Crippen LogP contribution is -2.44. The first kappa shape index (κ1) is 16.9. The smallest absolute Gasteiger partial charge is 0.254 e. The molecule has 0 aliphatic rings. The first-order chi connectivity index (χ1) is 9.16. The Morgan fingerprint density at radius 1 is 1.30 bits per heavy atom. The molecule has 0 bridgehead atoms. The molecule has 0 saturated carbocycles. The molecule has 0 aliphatic carbocycles. The summed E-state index contributed by atoms with van der Waals surface area (Å²) in [5.41, 5.74) is -0.107. The highest BCUT2D eigenvalue weighted by Gasteiger charge is 2.27. The molecule has 0 saturated heterocycles. The van der Waals surface area contributed by atoms with Crippen LogP contribution in [0.5, 0.6) is 0 Å². The van der Waals surface area contributed by atoms with E-state index in [0.717, 1.165) is 6.07 Å². The van der Waals surface area contributed by atoms with Crippen LogP contribution in [-0.2, 0) is 0 Å². The molecule has 112 valence electrons. The average molecular weight is 304 g/mol. The monoisotopic (exact) mass is 303 g/mol. The summed E-state index contributed by atoms with van der Waals surface area (Å²) in [5, 5.41) is 2.78. The lowest BCUT2D eigenvalue weighted by atomic mass is 9.85. The number of nitrogens with one attached hydrogen (secondary N) is 1. The molecule has 20 heavy (non-hydrogen) atoms. The van der Waals surface area contributed by atoms with E-state index in [1.165, 1.54) is 13.0 Å². The second kappa shape index (κ2) is 6.53. The number of halogens is 3. The normalized spacial score (nSPS) is 13.2. The van der Waals surface area contributed by atoms with Gasteiger partial charge in [-0.2, -0.15) is 0 Å². The van der Waals surface area contributed by atoms with Gasteiger partial charge < -0.3 is 5.32 Å². The average Bonchev–Trinajstić information content (AvgIpc) is 2.32. The van der Waals surface area contributed by atoms with E-state index in [9.17, 15) is 13.6 Å². The van der Waals surface area contributed by atoms with E-state index < -0.39 is 17.5 Å². The number of benzene rings is 1. The summed E-state index contributed by atoms with van der Waals surface area (Å²) < 4.78 is 26.9. The van der Waals surface area contributed by atoms with Crippen LogP contribution < -0.4 is 5.32 Å². The fraction of sp³-hybridized carbons (Fsp3) is 0.533. The number of hydrogen-bond donors (Lipinski definition) is 1. The number of carbonyl (C=O) groups is 1. The molecule has 1 amide bonds. The lowest BCUT2D eigenvalue weighted by Gasteiger charge is -2.31. The van der Waals surface area contributed by atoms with Crippen LogP contribution in [0.4, 0.5) is 8.78 Å². The first-order valence-electron chi connectivity index (χ1n) is 6.49. The lowest BCUT2D eigenvalue weighted by molar-refractivity contribution is 0.0896. The van der Waals surface area contributed by atoms with Crippen LogP contribution in [0.15, 0.2) is 12.1 Å². The fourth-order valence-corrected chi connectivity index (χ4v) is 2.12. The Hall–Kier alpha value is -1.16. The maximum Gasteiger partial charge on any atom is 0.254 e. The van der Waals surface area contributed by atoms with Crippen molar-refractivity contribution in [3.8, 4) is 0 Å². The number of carbonyl (C=O) groups excluding carboxylic acids is 1. The first-order valence-corrected chi connectivity index (χ1v) is 7.02. The molecule has 0 radical (unpaired) electrons. The minimum Gasteiger partial charge on any atom is -0.349 e. The number of amides is 1. The van der Waals surface area contributed by atoms with Gasteiger partial charge in [0.25, 0.3) is 5.91 Å². The number of aryl methyl sites for hydroxylation is 1. The molecule has 0 aromatic heterocycles. The van der Waals surface area contributed by atoms with Gasteiger partial charge in [0.2, 0.25) is 0 Å². The highest BCUT2D eigenvalue weighted by molar-refractivity contribution is 6.17. The predicted molar refractivity (Wildman–Crippen MR) is 77.1 cm³/mol. The minimum atomic E-state index is -0.857. The zero-order chi connectivity index (χ0) is 15.5. The predicted octanol–water partition coefficient (Wildman–Crippen LogP) is 4.05. The van der Waals surface area contributed by atoms with Gasteiger partial charge in [0.1, 0.15) is 11.6 Å². The van der Waals surface area contributed by atoms with Gasteiger partial charge in [0, 0.05) is 18.0 Å². The quantitative estimate of drug-likeness (QED) is 0.836. The molecule has 0 spiro atoms. The molecular weight excluding hydrogens is 284 g/mol. The van der Waals surface area contributed by atoms with Crippen molar-refractivity contribution in [2.45, 2.75) is 40.2 Å².